The van der Waals surface area contributed by atoms with E-state index in [-0.39, 0.29) is 18.6 Å². The smallest absolute Gasteiger partial charge is 0.135 e. The van der Waals surface area contributed by atoms with Crippen molar-refractivity contribution in [2.24, 2.45) is 5.92 Å². The SMILES string of the molecule is CCCNc1ncnc(NC(C)C(C)CO)c1C(C)C. The van der Waals surface area contributed by atoms with Crippen molar-refractivity contribution >= 4 is 11.6 Å². The van der Waals surface area contributed by atoms with Gasteiger partial charge in [0.1, 0.15) is 18.0 Å². The Morgan fingerprint density at radius 2 is 1.80 bits per heavy atom. The van der Waals surface area contributed by atoms with E-state index in [4.69, 9.17) is 0 Å². The molecule has 1 aromatic rings. The monoisotopic (exact) mass is 280 g/mol. The van der Waals surface area contributed by atoms with Crippen LogP contribution in [-0.4, -0.2) is 34.3 Å². The molecule has 0 saturated heterocycles. The van der Waals surface area contributed by atoms with Crippen LogP contribution in [0.5, 0.6) is 0 Å². The predicted octanol–water partition coefficient (Wildman–Crippen LogP) is 2.85. The third-order valence-electron chi connectivity index (χ3n) is 3.51. The summed E-state index contributed by atoms with van der Waals surface area (Å²) in [6.45, 7) is 11.6. The quantitative estimate of drug-likeness (QED) is 0.683. The average molecular weight is 280 g/mol. The van der Waals surface area contributed by atoms with Crippen LogP contribution in [0.2, 0.25) is 0 Å². The summed E-state index contributed by atoms with van der Waals surface area (Å²) in [4.78, 5) is 8.74. The van der Waals surface area contributed by atoms with E-state index in [1.807, 2.05) is 6.92 Å². The molecule has 0 aliphatic heterocycles. The minimum absolute atomic E-state index is 0.159. The highest BCUT2D eigenvalue weighted by molar-refractivity contribution is 5.59. The van der Waals surface area contributed by atoms with Gasteiger partial charge in [0.05, 0.1) is 0 Å². The van der Waals surface area contributed by atoms with Gasteiger partial charge >= 0.3 is 0 Å². The third kappa shape index (κ3) is 4.34. The molecule has 0 fully saturated rings. The maximum Gasteiger partial charge on any atom is 0.135 e. The largest absolute Gasteiger partial charge is 0.396 e. The molecule has 5 heteroatoms. The lowest BCUT2D eigenvalue weighted by atomic mass is 10.0. The fraction of sp³-hybridized carbons (Fsp3) is 0.733. The van der Waals surface area contributed by atoms with Crippen molar-refractivity contribution in [2.45, 2.75) is 53.0 Å². The van der Waals surface area contributed by atoms with Crippen molar-refractivity contribution in [1.29, 1.82) is 0 Å². The first kappa shape index (κ1) is 16.7. The zero-order chi connectivity index (χ0) is 15.1. The van der Waals surface area contributed by atoms with E-state index in [1.54, 1.807) is 6.33 Å². The van der Waals surface area contributed by atoms with E-state index in [0.29, 0.717) is 5.92 Å². The van der Waals surface area contributed by atoms with E-state index in [2.05, 4.69) is 48.3 Å². The third-order valence-corrected chi connectivity index (χ3v) is 3.51. The summed E-state index contributed by atoms with van der Waals surface area (Å²) in [5.74, 6) is 2.27. The number of aliphatic hydroxyl groups is 1. The standard InChI is InChI=1S/C15H28N4O/c1-6-7-16-14-13(10(2)3)15(18-9-17-14)19-12(5)11(4)8-20/h9-12,20H,6-8H2,1-5H3,(H2,16,17,18,19). The second kappa shape index (κ2) is 8.04. The first-order chi connectivity index (χ1) is 9.51. The van der Waals surface area contributed by atoms with Gasteiger partial charge in [0, 0.05) is 24.8 Å². The molecule has 0 radical (unpaired) electrons. The second-order valence-electron chi connectivity index (χ2n) is 5.66. The highest BCUT2D eigenvalue weighted by Crippen LogP contribution is 2.29. The van der Waals surface area contributed by atoms with Crippen LogP contribution in [-0.2, 0) is 0 Å². The molecule has 2 unspecified atom stereocenters. The molecule has 0 aliphatic rings. The molecule has 3 N–H and O–H groups in total. The number of hydrogen-bond acceptors (Lipinski definition) is 5. The van der Waals surface area contributed by atoms with Gasteiger partial charge in [0.25, 0.3) is 0 Å². The van der Waals surface area contributed by atoms with E-state index in [0.717, 1.165) is 30.2 Å². The number of nitrogens with zero attached hydrogens (tertiary/aromatic N) is 2. The number of hydrogen-bond donors (Lipinski definition) is 3. The molecule has 5 nitrogen and oxygen atoms in total. The van der Waals surface area contributed by atoms with E-state index in [9.17, 15) is 5.11 Å². The Hall–Kier alpha value is -1.36. The molecule has 20 heavy (non-hydrogen) atoms. The molecule has 1 rings (SSSR count). The zero-order valence-corrected chi connectivity index (χ0v) is 13.3. The number of anilines is 2. The Morgan fingerprint density at radius 1 is 1.15 bits per heavy atom. The highest BCUT2D eigenvalue weighted by atomic mass is 16.3. The van der Waals surface area contributed by atoms with E-state index in [1.165, 1.54) is 0 Å². The average Bonchev–Trinajstić information content (AvgIpc) is 2.43. The van der Waals surface area contributed by atoms with Gasteiger partial charge < -0.3 is 15.7 Å². The van der Waals surface area contributed by atoms with Crippen molar-refractivity contribution in [3.63, 3.8) is 0 Å². The van der Waals surface area contributed by atoms with Crippen molar-refractivity contribution in [3.05, 3.63) is 11.9 Å². The molecule has 114 valence electrons. The summed E-state index contributed by atoms with van der Waals surface area (Å²) in [5.41, 5.74) is 1.11. The molecule has 1 heterocycles. The van der Waals surface area contributed by atoms with Gasteiger partial charge in [-0.25, -0.2) is 9.97 Å². The Balaban J connectivity index is 2.99. The second-order valence-corrected chi connectivity index (χ2v) is 5.66. The molecule has 2 atom stereocenters. The van der Waals surface area contributed by atoms with Crippen LogP contribution in [0.1, 0.15) is 52.5 Å². The lowest BCUT2D eigenvalue weighted by molar-refractivity contribution is 0.226. The molecule has 0 amide bonds. The number of nitrogens with one attached hydrogen (secondary N) is 2. The lowest BCUT2D eigenvalue weighted by Crippen LogP contribution is -2.27. The minimum Gasteiger partial charge on any atom is -0.396 e. The Bertz CT molecular complexity index is 409. The molecular weight excluding hydrogens is 252 g/mol. The lowest BCUT2D eigenvalue weighted by Gasteiger charge is -2.23. The molecule has 0 saturated carbocycles. The molecule has 0 aliphatic carbocycles. The van der Waals surface area contributed by atoms with Gasteiger partial charge in [0.2, 0.25) is 0 Å². The van der Waals surface area contributed by atoms with Crippen LogP contribution in [0.15, 0.2) is 6.33 Å². The van der Waals surface area contributed by atoms with Crippen molar-refractivity contribution in [3.8, 4) is 0 Å². The van der Waals surface area contributed by atoms with Gasteiger partial charge in [-0.15, -0.1) is 0 Å². The van der Waals surface area contributed by atoms with Crippen molar-refractivity contribution in [1.82, 2.24) is 9.97 Å². The van der Waals surface area contributed by atoms with Gasteiger partial charge in [-0.1, -0.05) is 27.7 Å². The summed E-state index contributed by atoms with van der Waals surface area (Å²) < 4.78 is 0. The number of aromatic nitrogens is 2. The maximum atomic E-state index is 9.25. The van der Waals surface area contributed by atoms with Crippen LogP contribution >= 0.6 is 0 Å². The maximum absolute atomic E-state index is 9.25. The summed E-state index contributed by atoms with van der Waals surface area (Å²) in [7, 11) is 0. The first-order valence-electron chi connectivity index (χ1n) is 7.47. The van der Waals surface area contributed by atoms with Crippen LogP contribution < -0.4 is 10.6 Å². The Morgan fingerprint density at radius 3 is 2.35 bits per heavy atom. The van der Waals surface area contributed by atoms with Crippen LogP contribution in [0, 0.1) is 5.92 Å². The summed E-state index contributed by atoms with van der Waals surface area (Å²) in [6.07, 6.45) is 2.64. The summed E-state index contributed by atoms with van der Waals surface area (Å²) in [6, 6.07) is 0.159. The molecule has 0 spiro atoms. The fourth-order valence-corrected chi connectivity index (χ4v) is 1.96. The van der Waals surface area contributed by atoms with Crippen LogP contribution in [0.3, 0.4) is 0 Å². The molecule has 0 aromatic carbocycles. The van der Waals surface area contributed by atoms with Crippen LogP contribution in [0.4, 0.5) is 11.6 Å². The van der Waals surface area contributed by atoms with E-state index < -0.39 is 0 Å². The number of rotatable bonds is 8. The van der Waals surface area contributed by atoms with Crippen molar-refractivity contribution < 1.29 is 5.11 Å². The van der Waals surface area contributed by atoms with E-state index >= 15 is 0 Å². The first-order valence-corrected chi connectivity index (χ1v) is 7.47. The number of aliphatic hydroxyl groups excluding tert-OH is 1. The zero-order valence-electron chi connectivity index (χ0n) is 13.3. The predicted molar refractivity (Wildman–Crippen MR) is 84.2 cm³/mol. The molecular formula is C15H28N4O. The topological polar surface area (TPSA) is 70.1 Å². The van der Waals surface area contributed by atoms with Gasteiger partial charge in [0.15, 0.2) is 0 Å². The van der Waals surface area contributed by atoms with Gasteiger partial charge in [-0.2, -0.15) is 0 Å². The van der Waals surface area contributed by atoms with Crippen molar-refractivity contribution in [2.75, 3.05) is 23.8 Å². The Kier molecular flexibility index (Phi) is 6.71. The summed E-state index contributed by atoms with van der Waals surface area (Å²) >= 11 is 0. The van der Waals surface area contributed by atoms with Crippen LogP contribution in [0.25, 0.3) is 0 Å². The molecule has 1 aromatic heterocycles. The Labute approximate surface area is 122 Å². The summed E-state index contributed by atoms with van der Waals surface area (Å²) in [5, 5.41) is 16.0. The molecule has 0 bridgehead atoms. The minimum atomic E-state index is 0.159. The fourth-order valence-electron chi connectivity index (χ4n) is 1.96. The highest BCUT2D eigenvalue weighted by Gasteiger charge is 2.18. The normalized spacial score (nSPS) is 14.2. The van der Waals surface area contributed by atoms with Gasteiger partial charge in [-0.05, 0) is 25.2 Å². The van der Waals surface area contributed by atoms with Gasteiger partial charge in [-0.3, -0.25) is 0 Å².